The van der Waals surface area contributed by atoms with Crippen LogP contribution in [-0.4, -0.2) is 53.6 Å². The molecule has 0 unspecified atom stereocenters. The van der Waals surface area contributed by atoms with Gasteiger partial charge < -0.3 is 19.1 Å². The third kappa shape index (κ3) is 3.38. The molecule has 4 aromatic rings. The van der Waals surface area contributed by atoms with Crippen molar-refractivity contribution in [2.75, 3.05) is 38.2 Å². The molecule has 1 aliphatic rings. The van der Waals surface area contributed by atoms with Crippen LogP contribution in [0.1, 0.15) is 10.4 Å². The quantitative estimate of drug-likeness (QED) is 0.491. The molecule has 32 heavy (non-hydrogen) atoms. The second-order valence-electron chi connectivity index (χ2n) is 7.97. The lowest BCUT2D eigenvalue weighted by Gasteiger charge is -2.35. The van der Waals surface area contributed by atoms with Crippen LogP contribution in [0, 0.1) is 0 Å². The number of aromatic nitrogens is 2. The van der Waals surface area contributed by atoms with E-state index in [1.54, 1.807) is 7.11 Å². The van der Waals surface area contributed by atoms with Gasteiger partial charge in [-0.15, -0.1) is 0 Å². The summed E-state index contributed by atoms with van der Waals surface area (Å²) in [5.41, 5.74) is 3.61. The summed E-state index contributed by atoms with van der Waals surface area (Å²) < 4.78 is 7.73. The molecule has 2 aromatic carbocycles. The number of ether oxygens (including phenoxy) is 1. The Morgan fingerprint density at radius 1 is 0.906 bits per heavy atom. The first-order valence-electron chi connectivity index (χ1n) is 10.8. The minimum Gasteiger partial charge on any atom is -0.495 e. The molecule has 0 aliphatic carbocycles. The van der Waals surface area contributed by atoms with E-state index in [1.165, 1.54) is 0 Å². The summed E-state index contributed by atoms with van der Waals surface area (Å²) in [6.45, 7) is 2.84. The summed E-state index contributed by atoms with van der Waals surface area (Å²) in [6.07, 6.45) is 1.81. The van der Waals surface area contributed by atoms with Crippen molar-refractivity contribution >= 4 is 22.6 Å². The lowest BCUT2D eigenvalue weighted by Crippen LogP contribution is -2.49. The van der Waals surface area contributed by atoms with Crippen LogP contribution in [0.4, 0.5) is 5.82 Å². The normalized spacial score (nSPS) is 14.1. The van der Waals surface area contributed by atoms with Gasteiger partial charge >= 0.3 is 0 Å². The number of pyridine rings is 1. The van der Waals surface area contributed by atoms with E-state index >= 15 is 0 Å². The molecule has 0 bridgehead atoms. The highest BCUT2D eigenvalue weighted by atomic mass is 16.5. The van der Waals surface area contributed by atoms with Crippen molar-refractivity contribution in [3.8, 4) is 17.0 Å². The maximum Gasteiger partial charge on any atom is 0.256 e. The Balaban J connectivity index is 1.54. The van der Waals surface area contributed by atoms with E-state index in [1.807, 2.05) is 72.7 Å². The number of aryl methyl sites for hydroxylation is 1. The summed E-state index contributed by atoms with van der Waals surface area (Å²) >= 11 is 0. The molecule has 1 saturated heterocycles. The summed E-state index contributed by atoms with van der Waals surface area (Å²) in [4.78, 5) is 22.5. The van der Waals surface area contributed by atoms with Crippen molar-refractivity contribution in [2.45, 2.75) is 0 Å². The topological polar surface area (TPSA) is 50.6 Å². The average Bonchev–Trinajstić information content (AvgIpc) is 3.17. The van der Waals surface area contributed by atoms with Crippen molar-refractivity contribution in [3.05, 3.63) is 78.5 Å². The SMILES string of the molecule is COc1cccc2c(C(=O)N3CCN(c4ccccn4)CC3)c(-c3ccccc3)n(C)c12. The molecule has 1 aliphatic heterocycles. The average molecular weight is 427 g/mol. The molecule has 0 saturated carbocycles. The molecule has 2 aromatic heterocycles. The van der Waals surface area contributed by atoms with E-state index in [4.69, 9.17) is 4.74 Å². The Bertz CT molecular complexity index is 1240. The standard InChI is InChI=1S/C26H26N4O2/c1-28-24(19-9-4-3-5-10-19)23(20-11-8-12-21(32-2)25(20)28)26(31)30-17-15-29(16-18-30)22-13-6-7-14-27-22/h3-14H,15-18H2,1-2H3. The number of benzene rings is 2. The molecule has 162 valence electrons. The minimum atomic E-state index is 0.0587. The lowest BCUT2D eigenvalue weighted by molar-refractivity contribution is 0.0749. The molecular weight excluding hydrogens is 400 g/mol. The largest absolute Gasteiger partial charge is 0.495 e. The maximum atomic E-state index is 13.9. The van der Waals surface area contributed by atoms with Crippen LogP contribution in [-0.2, 0) is 7.05 Å². The van der Waals surface area contributed by atoms with Gasteiger partial charge in [0.25, 0.3) is 5.91 Å². The van der Waals surface area contributed by atoms with Gasteiger partial charge in [-0.2, -0.15) is 0 Å². The molecule has 0 radical (unpaired) electrons. The fourth-order valence-electron chi connectivity index (χ4n) is 4.63. The number of anilines is 1. The molecule has 0 N–H and O–H groups in total. The van der Waals surface area contributed by atoms with Crippen LogP contribution in [0.25, 0.3) is 22.2 Å². The van der Waals surface area contributed by atoms with Gasteiger partial charge in [0, 0.05) is 44.8 Å². The van der Waals surface area contributed by atoms with Crippen molar-refractivity contribution in [2.24, 2.45) is 7.05 Å². The molecule has 6 heteroatoms. The fraction of sp³-hybridized carbons (Fsp3) is 0.231. The first kappa shape index (κ1) is 20.1. The molecule has 6 nitrogen and oxygen atoms in total. The van der Waals surface area contributed by atoms with E-state index in [-0.39, 0.29) is 5.91 Å². The van der Waals surface area contributed by atoms with Gasteiger partial charge in [0.05, 0.1) is 23.9 Å². The number of amides is 1. The summed E-state index contributed by atoms with van der Waals surface area (Å²) in [5, 5.41) is 0.919. The Labute approximate surface area is 187 Å². The Morgan fingerprint density at radius 3 is 2.34 bits per heavy atom. The smallest absolute Gasteiger partial charge is 0.256 e. The zero-order valence-corrected chi connectivity index (χ0v) is 18.4. The van der Waals surface area contributed by atoms with E-state index in [9.17, 15) is 4.79 Å². The van der Waals surface area contributed by atoms with Gasteiger partial charge in [-0.1, -0.05) is 48.5 Å². The van der Waals surface area contributed by atoms with Crippen LogP contribution in [0.3, 0.4) is 0 Å². The molecule has 0 atom stereocenters. The van der Waals surface area contributed by atoms with Gasteiger partial charge in [0.2, 0.25) is 0 Å². The number of rotatable bonds is 4. The first-order chi connectivity index (χ1) is 15.7. The third-order valence-electron chi connectivity index (χ3n) is 6.20. The van der Waals surface area contributed by atoms with Crippen molar-refractivity contribution in [1.82, 2.24) is 14.5 Å². The van der Waals surface area contributed by atoms with Crippen LogP contribution in [0.5, 0.6) is 5.75 Å². The number of nitrogens with zero attached hydrogens (tertiary/aromatic N) is 4. The van der Waals surface area contributed by atoms with Crippen LogP contribution >= 0.6 is 0 Å². The van der Waals surface area contributed by atoms with Crippen molar-refractivity contribution in [3.63, 3.8) is 0 Å². The van der Waals surface area contributed by atoms with E-state index in [0.29, 0.717) is 13.1 Å². The second-order valence-corrected chi connectivity index (χ2v) is 7.97. The van der Waals surface area contributed by atoms with Crippen LogP contribution in [0.2, 0.25) is 0 Å². The van der Waals surface area contributed by atoms with Gasteiger partial charge in [0.15, 0.2) is 0 Å². The predicted octanol–water partition coefficient (Wildman–Crippen LogP) is 4.21. The van der Waals surface area contributed by atoms with Gasteiger partial charge in [0.1, 0.15) is 11.6 Å². The predicted molar refractivity (Wildman–Crippen MR) is 127 cm³/mol. The zero-order valence-electron chi connectivity index (χ0n) is 18.4. The van der Waals surface area contributed by atoms with Crippen LogP contribution in [0.15, 0.2) is 72.9 Å². The summed E-state index contributed by atoms with van der Waals surface area (Å²) in [5.74, 6) is 1.78. The zero-order chi connectivity index (χ0) is 22.1. The number of piperazine rings is 1. The fourth-order valence-corrected chi connectivity index (χ4v) is 4.63. The summed E-state index contributed by atoms with van der Waals surface area (Å²) in [7, 11) is 3.67. The number of hydrogen-bond donors (Lipinski definition) is 0. The Kier molecular flexibility index (Phi) is 5.27. The van der Waals surface area contributed by atoms with Crippen molar-refractivity contribution in [1.29, 1.82) is 0 Å². The monoisotopic (exact) mass is 426 g/mol. The van der Waals surface area contributed by atoms with Crippen molar-refractivity contribution < 1.29 is 9.53 Å². The van der Waals surface area contributed by atoms with Gasteiger partial charge in [-0.25, -0.2) is 4.98 Å². The maximum absolute atomic E-state index is 13.9. The molecular formula is C26H26N4O2. The van der Waals surface area contributed by atoms with Gasteiger partial charge in [-0.3, -0.25) is 4.79 Å². The minimum absolute atomic E-state index is 0.0587. The number of carbonyl (C=O) groups excluding carboxylic acids is 1. The highest BCUT2D eigenvalue weighted by molar-refractivity contribution is 6.14. The highest BCUT2D eigenvalue weighted by Gasteiger charge is 2.29. The lowest BCUT2D eigenvalue weighted by atomic mass is 10.0. The summed E-state index contributed by atoms with van der Waals surface area (Å²) in [6, 6.07) is 21.9. The molecule has 1 fully saturated rings. The third-order valence-corrected chi connectivity index (χ3v) is 6.20. The highest BCUT2D eigenvalue weighted by Crippen LogP contribution is 2.38. The van der Waals surface area contributed by atoms with E-state index in [0.717, 1.165) is 52.4 Å². The van der Waals surface area contributed by atoms with Gasteiger partial charge in [-0.05, 0) is 23.8 Å². The Morgan fingerprint density at radius 2 is 1.66 bits per heavy atom. The Hall–Kier alpha value is -3.80. The van der Waals surface area contributed by atoms with Crippen LogP contribution < -0.4 is 9.64 Å². The molecule has 0 spiro atoms. The number of hydrogen-bond acceptors (Lipinski definition) is 4. The number of fused-ring (bicyclic) bond motifs is 1. The second kappa shape index (κ2) is 8.38. The molecule has 5 rings (SSSR count). The number of para-hydroxylation sites is 1. The number of methoxy groups -OCH3 is 1. The van der Waals surface area contributed by atoms with E-state index < -0.39 is 0 Å². The number of carbonyl (C=O) groups is 1. The molecule has 1 amide bonds. The first-order valence-corrected chi connectivity index (χ1v) is 10.8. The molecule has 3 heterocycles. The van der Waals surface area contributed by atoms with E-state index in [2.05, 4.69) is 26.6 Å².